The highest BCUT2D eigenvalue weighted by Gasteiger charge is 2.04. The molecule has 0 aliphatic heterocycles. The van der Waals surface area contributed by atoms with Gasteiger partial charge in [0.1, 0.15) is 5.75 Å². The van der Waals surface area contributed by atoms with Crippen molar-refractivity contribution in [1.29, 1.82) is 0 Å². The number of nitrogen functional groups attached to an aromatic ring is 1. The second-order valence-electron chi connectivity index (χ2n) is 3.46. The Morgan fingerprint density at radius 2 is 1.94 bits per heavy atom. The SMILES string of the molecule is COc1cccc(-c2cc(Cl)ccc2N)c1. The van der Waals surface area contributed by atoms with E-state index in [0.29, 0.717) is 10.7 Å². The van der Waals surface area contributed by atoms with Crippen molar-refractivity contribution >= 4 is 17.3 Å². The minimum Gasteiger partial charge on any atom is -0.497 e. The molecule has 0 atom stereocenters. The molecule has 0 aliphatic carbocycles. The van der Waals surface area contributed by atoms with Crippen molar-refractivity contribution in [2.24, 2.45) is 0 Å². The summed E-state index contributed by atoms with van der Waals surface area (Å²) in [6.45, 7) is 0. The molecule has 2 nitrogen and oxygen atoms in total. The van der Waals surface area contributed by atoms with E-state index < -0.39 is 0 Å². The standard InChI is InChI=1S/C13H12ClNO/c1-16-11-4-2-3-9(7-11)12-8-10(14)5-6-13(12)15/h2-8H,15H2,1H3. The number of ether oxygens (including phenoxy) is 1. The fraction of sp³-hybridized carbons (Fsp3) is 0.0769. The molecule has 0 spiro atoms. The largest absolute Gasteiger partial charge is 0.497 e. The molecule has 2 N–H and O–H groups in total. The van der Waals surface area contributed by atoms with Crippen molar-refractivity contribution in [3.8, 4) is 16.9 Å². The minimum atomic E-state index is 0.673. The predicted molar refractivity (Wildman–Crippen MR) is 67.9 cm³/mol. The number of anilines is 1. The highest BCUT2D eigenvalue weighted by molar-refractivity contribution is 6.31. The normalized spacial score (nSPS) is 10.1. The Bertz CT molecular complexity index is 511. The second-order valence-corrected chi connectivity index (χ2v) is 3.90. The Kier molecular flexibility index (Phi) is 3.02. The molecular formula is C13H12ClNO. The lowest BCUT2D eigenvalue weighted by Gasteiger charge is -2.08. The monoisotopic (exact) mass is 233 g/mol. The summed E-state index contributed by atoms with van der Waals surface area (Å²) in [5.74, 6) is 0.803. The third-order valence-corrected chi connectivity index (χ3v) is 2.63. The molecule has 0 heterocycles. The van der Waals surface area contributed by atoms with E-state index in [2.05, 4.69) is 0 Å². The number of hydrogen-bond acceptors (Lipinski definition) is 2. The number of methoxy groups -OCH3 is 1. The third kappa shape index (κ3) is 2.12. The summed E-state index contributed by atoms with van der Waals surface area (Å²) in [5.41, 5.74) is 8.54. The van der Waals surface area contributed by atoms with Gasteiger partial charge in [-0.05, 0) is 35.9 Å². The van der Waals surface area contributed by atoms with Gasteiger partial charge < -0.3 is 10.5 Å². The van der Waals surface area contributed by atoms with Crippen LogP contribution in [0.4, 0.5) is 5.69 Å². The fourth-order valence-corrected chi connectivity index (χ4v) is 1.74. The van der Waals surface area contributed by atoms with Crippen LogP contribution in [-0.4, -0.2) is 7.11 Å². The van der Waals surface area contributed by atoms with Gasteiger partial charge in [-0.3, -0.25) is 0 Å². The van der Waals surface area contributed by atoms with Gasteiger partial charge in [-0.1, -0.05) is 23.7 Å². The zero-order valence-electron chi connectivity index (χ0n) is 8.91. The molecule has 2 aromatic carbocycles. The average molecular weight is 234 g/mol. The number of rotatable bonds is 2. The summed E-state index contributed by atoms with van der Waals surface area (Å²) in [6.07, 6.45) is 0. The summed E-state index contributed by atoms with van der Waals surface area (Å²) in [7, 11) is 1.64. The van der Waals surface area contributed by atoms with E-state index in [1.165, 1.54) is 0 Å². The van der Waals surface area contributed by atoms with E-state index in [9.17, 15) is 0 Å². The van der Waals surface area contributed by atoms with Gasteiger partial charge >= 0.3 is 0 Å². The maximum Gasteiger partial charge on any atom is 0.119 e. The van der Waals surface area contributed by atoms with Gasteiger partial charge in [0.15, 0.2) is 0 Å². The summed E-state index contributed by atoms with van der Waals surface area (Å²) in [5, 5.41) is 0.673. The van der Waals surface area contributed by atoms with E-state index in [0.717, 1.165) is 16.9 Å². The van der Waals surface area contributed by atoms with Crippen LogP contribution in [0.3, 0.4) is 0 Å². The van der Waals surface area contributed by atoms with Gasteiger partial charge in [0.05, 0.1) is 7.11 Å². The van der Waals surface area contributed by atoms with Crippen molar-refractivity contribution in [1.82, 2.24) is 0 Å². The maximum absolute atomic E-state index is 5.95. The summed E-state index contributed by atoms with van der Waals surface area (Å²) in [6, 6.07) is 13.2. The Labute approximate surface area is 99.6 Å². The quantitative estimate of drug-likeness (QED) is 0.805. The van der Waals surface area contributed by atoms with Crippen molar-refractivity contribution in [3.05, 3.63) is 47.5 Å². The van der Waals surface area contributed by atoms with Crippen molar-refractivity contribution in [2.75, 3.05) is 12.8 Å². The van der Waals surface area contributed by atoms with E-state index in [-0.39, 0.29) is 0 Å². The Morgan fingerprint density at radius 3 is 2.69 bits per heavy atom. The lowest BCUT2D eigenvalue weighted by molar-refractivity contribution is 0.415. The Morgan fingerprint density at radius 1 is 1.12 bits per heavy atom. The molecule has 0 amide bonds. The fourth-order valence-electron chi connectivity index (χ4n) is 1.57. The lowest BCUT2D eigenvalue weighted by atomic mass is 10.0. The molecule has 0 aliphatic rings. The third-order valence-electron chi connectivity index (χ3n) is 2.40. The van der Waals surface area contributed by atoms with Gasteiger partial charge in [-0.15, -0.1) is 0 Å². The lowest BCUT2D eigenvalue weighted by Crippen LogP contribution is -1.90. The van der Waals surface area contributed by atoms with Crippen LogP contribution < -0.4 is 10.5 Å². The molecule has 0 unspecified atom stereocenters. The van der Waals surface area contributed by atoms with E-state index >= 15 is 0 Å². The molecule has 0 saturated heterocycles. The van der Waals surface area contributed by atoms with E-state index in [4.69, 9.17) is 22.1 Å². The van der Waals surface area contributed by atoms with Gasteiger partial charge in [-0.25, -0.2) is 0 Å². The summed E-state index contributed by atoms with van der Waals surface area (Å²) in [4.78, 5) is 0. The van der Waals surface area contributed by atoms with Crippen molar-refractivity contribution < 1.29 is 4.74 Å². The first kappa shape index (κ1) is 10.8. The van der Waals surface area contributed by atoms with Gasteiger partial charge in [0.25, 0.3) is 0 Å². The minimum absolute atomic E-state index is 0.673. The highest BCUT2D eigenvalue weighted by atomic mass is 35.5. The molecule has 2 rings (SSSR count). The number of nitrogens with two attached hydrogens (primary N) is 1. The predicted octanol–water partition coefficient (Wildman–Crippen LogP) is 3.60. The number of halogens is 1. The highest BCUT2D eigenvalue weighted by Crippen LogP contribution is 2.30. The van der Waals surface area contributed by atoms with Gasteiger partial charge in [0, 0.05) is 16.3 Å². The topological polar surface area (TPSA) is 35.2 Å². The molecule has 3 heteroatoms. The van der Waals surface area contributed by atoms with Gasteiger partial charge in [0.2, 0.25) is 0 Å². The molecule has 0 radical (unpaired) electrons. The molecule has 0 saturated carbocycles. The summed E-state index contributed by atoms with van der Waals surface area (Å²) >= 11 is 5.95. The molecule has 16 heavy (non-hydrogen) atoms. The Balaban J connectivity index is 2.53. The smallest absolute Gasteiger partial charge is 0.119 e. The molecule has 0 fully saturated rings. The Hall–Kier alpha value is -1.67. The molecule has 0 aromatic heterocycles. The van der Waals surface area contributed by atoms with E-state index in [1.54, 1.807) is 19.2 Å². The zero-order valence-corrected chi connectivity index (χ0v) is 9.66. The van der Waals surface area contributed by atoms with E-state index in [1.807, 2.05) is 30.3 Å². The average Bonchev–Trinajstić information content (AvgIpc) is 2.32. The first-order valence-corrected chi connectivity index (χ1v) is 5.28. The first-order valence-electron chi connectivity index (χ1n) is 4.90. The molecule has 0 bridgehead atoms. The first-order chi connectivity index (χ1) is 7.70. The van der Waals surface area contributed by atoms with Crippen LogP contribution >= 0.6 is 11.6 Å². The zero-order chi connectivity index (χ0) is 11.5. The molecular weight excluding hydrogens is 222 g/mol. The number of benzene rings is 2. The summed E-state index contributed by atoms with van der Waals surface area (Å²) < 4.78 is 5.17. The van der Waals surface area contributed by atoms with Crippen LogP contribution in [0.15, 0.2) is 42.5 Å². The van der Waals surface area contributed by atoms with Gasteiger partial charge in [-0.2, -0.15) is 0 Å². The van der Waals surface area contributed by atoms with Crippen molar-refractivity contribution in [2.45, 2.75) is 0 Å². The molecule has 82 valence electrons. The maximum atomic E-state index is 5.95. The van der Waals surface area contributed by atoms with Crippen LogP contribution in [0.25, 0.3) is 11.1 Å². The van der Waals surface area contributed by atoms with Crippen LogP contribution in [-0.2, 0) is 0 Å². The molecule has 2 aromatic rings. The second kappa shape index (κ2) is 4.45. The van der Waals surface area contributed by atoms with Crippen LogP contribution in [0.1, 0.15) is 0 Å². The van der Waals surface area contributed by atoms with Crippen LogP contribution in [0.2, 0.25) is 5.02 Å². The van der Waals surface area contributed by atoms with Crippen molar-refractivity contribution in [3.63, 3.8) is 0 Å². The van der Waals surface area contributed by atoms with Crippen LogP contribution in [0, 0.1) is 0 Å². The van der Waals surface area contributed by atoms with Crippen LogP contribution in [0.5, 0.6) is 5.75 Å². The number of hydrogen-bond donors (Lipinski definition) is 1.